The van der Waals surface area contributed by atoms with E-state index in [-0.39, 0.29) is 10.6 Å². The van der Waals surface area contributed by atoms with Crippen molar-refractivity contribution < 1.29 is 14.7 Å². The van der Waals surface area contributed by atoms with Crippen LogP contribution in [0.3, 0.4) is 0 Å². The zero-order valence-corrected chi connectivity index (χ0v) is 8.62. The zero-order chi connectivity index (χ0) is 12.1. The molecule has 0 atom stereocenters. The molecule has 0 aliphatic heterocycles. The van der Waals surface area contributed by atoms with Crippen LogP contribution in [0, 0.1) is 5.21 Å². The van der Waals surface area contributed by atoms with E-state index in [1.54, 1.807) is 6.07 Å². The van der Waals surface area contributed by atoms with Gasteiger partial charge in [-0.1, -0.05) is 0 Å². The normalized spacial score (nSPS) is 10.3. The molecule has 86 valence electrons. The number of hydrazone groups is 1. The van der Waals surface area contributed by atoms with Crippen LogP contribution >= 0.6 is 0 Å². The molecular formula is C9H12N4O3. The largest absolute Gasteiger partial charge is 0.722 e. The molecule has 16 heavy (non-hydrogen) atoms. The summed E-state index contributed by atoms with van der Waals surface area (Å²) >= 11 is 0. The minimum atomic E-state index is -0.487. The van der Waals surface area contributed by atoms with Crippen molar-refractivity contribution in [3.8, 4) is 11.5 Å². The summed E-state index contributed by atoms with van der Waals surface area (Å²) in [6, 6.07) is 4.51. The van der Waals surface area contributed by atoms with Gasteiger partial charge in [0, 0.05) is 5.56 Å². The van der Waals surface area contributed by atoms with Gasteiger partial charge in [0.05, 0.1) is 13.3 Å². The van der Waals surface area contributed by atoms with Crippen LogP contribution in [-0.2, 0) is 0 Å². The second-order valence-corrected chi connectivity index (χ2v) is 2.87. The first-order valence-corrected chi connectivity index (χ1v) is 4.30. The summed E-state index contributed by atoms with van der Waals surface area (Å²) in [5, 5.41) is 23.7. The third-order valence-electron chi connectivity index (χ3n) is 1.76. The van der Waals surface area contributed by atoms with E-state index in [1.807, 2.05) is 0 Å². The fourth-order valence-corrected chi connectivity index (χ4v) is 0.944. The average molecular weight is 224 g/mol. The molecular weight excluding hydrogens is 212 g/mol. The Bertz CT molecular complexity index is 438. The maximum atomic E-state index is 10.9. The lowest BCUT2D eigenvalue weighted by Crippen LogP contribution is -2.30. The smallest absolute Gasteiger partial charge is 0.366 e. The van der Waals surface area contributed by atoms with Crippen LogP contribution in [0.1, 0.15) is 5.56 Å². The van der Waals surface area contributed by atoms with Gasteiger partial charge in [0.15, 0.2) is 0 Å². The number of phenolic OH excluding ortho intramolecular Hbond substituents is 1. The third-order valence-corrected chi connectivity index (χ3v) is 1.76. The van der Waals surface area contributed by atoms with Crippen molar-refractivity contribution in [1.82, 2.24) is 0 Å². The van der Waals surface area contributed by atoms with Gasteiger partial charge in [0.25, 0.3) is 0 Å². The number of aromatic hydroxyl groups is 1. The van der Waals surface area contributed by atoms with Crippen molar-refractivity contribution in [3.63, 3.8) is 0 Å². The van der Waals surface area contributed by atoms with Crippen LogP contribution in [0.25, 0.3) is 0 Å². The summed E-state index contributed by atoms with van der Waals surface area (Å²) < 4.78 is 4.95. The van der Waals surface area contributed by atoms with E-state index < -0.39 is 5.96 Å². The molecule has 0 bridgehead atoms. The Labute approximate surface area is 91.8 Å². The Morgan fingerprint density at radius 2 is 2.25 bits per heavy atom. The summed E-state index contributed by atoms with van der Waals surface area (Å²) in [4.78, 5) is 0.0406. The first-order chi connectivity index (χ1) is 7.54. The Morgan fingerprint density at radius 3 is 2.81 bits per heavy atom. The van der Waals surface area contributed by atoms with Crippen molar-refractivity contribution in [2.24, 2.45) is 16.6 Å². The van der Waals surface area contributed by atoms with Gasteiger partial charge in [-0.25, -0.2) is 0 Å². The lowest BCUT2D eigenvalue weighted by Gasteiger charge is -2.05. The number of ether oxygens (including phenoxy) is 1. The predicted octanol–water partition coefficient (Wildman–Crippen LogP) is -0.482. The minimum Gasteiger partial charge on any atom is -0.722 e. The Morgan fingerprint density at radius 1 is 1.56 bits per heavy atom. The van der Waals surface area contributed by atoms with Gasteiger partial charge in [0.1, 0.15) is 11.5 Å². The molecule has 0 amide bonds. The highest BCUT2D eigenvalue weighted by molar-refractivity contribution is 5.83. The van der Waals surface area contributed by atoms with Gasteiger partial charge in [-0.2, -0.15) is 0 Å². The van der Waals surface area contributed by atoms with Crippen molar-refractivity contribution >= 4 is 12.2 Å². The van der Waals surface area contributed by atoms with E-state index >= 15 is 0 Å². The van der Waals surface area contributed by atoms with Gasteiger partial charge in [-0.15, -0.1) is 9.95 Å². The maximum Gasteiger partial charge on any atom is 0.366 e. The van der Waals surface area contributed by atoms with Gasteiger partial charge in [-0.05, 0) is 18.2 Å². The molecule has 0 aromatic heterocycles. The number of rotatable bonds is 3. The summed E-state index contributed by atoms with van der Waals surface area (Å²) in [5.41, 5.74) is 10.3. The molecule has 0 saturated heterocycles. The van der Waals surface area contributed by atoms with E-state index in [2.05, 4.69) is 5.10 Å². The highest BCUT2D eigenvalue weighted by Gasteiger charge is 2.00. The molecule has 7 nitrogen and oxygen atoms in total. The Balaban J connectivity index is 3.01. The van der Waals surface area contributed by atoms with Crippen LogP contribution in [0.2, 0.25) is 0 Å². The standard InChI is InChI=1S/C9H12N4O3/c1-16-7-2-3-8(14)6(4-7)5-12-13(15)9(10)11/h2-5,14H,10-11H2,1H3/b12-5-. The molecule has 1 aromatic rings. The molecule has 0 aliphatic rings. The summed E-state index contributed by atoms with van der Waals surface area (Å²) in [7, 11) is 1.48. The van der Waals surface area contributed by atoms with Crippen molar-refractivity contribution in [3.05, 3.63) is 29.0 Å². The lowest BCUT2D eigenvalue weighted by atomic mass is 10.2. The molecule has 7 heteroatoms. The number of hydrogen-bond donors (Lipinski definition) is 3. The quantitative estimate of drug-likeness (QED) is 0.210. The van der Waals surface area contributed by atoms with Gasteiger partial charge >= 0.3 is 5.96 Å². The Kier molecular flexibility index (Phi) is 3.54. The van der Waals surface area contributed by atoms with Gasteiger partial charge in [-0.3, -0.25) is 11.5 Å². The number of hydrogen-bond acceptors (Lipinski definition) is 4. The van der Waals surface area contributed by atoms with E-state index in [9.17, 15) is 10.3 Å². The number of methoxy groups -OCH3 is 1. The predicted molar refractivity (Wildman–Crippen MR) is 59.3 cm³/mol. The SMILES string of the molecule is COc1ccc(O)c(/C=N\[N+]([O-])=C(N)N)c1. The van der Waals surface area contributed by atoms with Crippen LogP contribution in [0.15, 0.2) is 23.3 Å². The molecule has 0 saturated carbocycles. The molecule has 0 fully saturated rings. The summed E-state index contributed by atoms with van der Waals surface area (Å²) in [5.74, 6) is 0.00794. The van der Waals surface area contributed by atoms with E-state index in [4.69, 9.17) is 16.2 Å². The first kappa shape index (κ1) is 11.6. The maximum absolute atomic E-state index is 10.9. The molecule has 0 aliphatic carbocycles. The summed E-state index contributed by atoms with van der Waals surface area (Å²) in [6.07, 6.45) is 1.13. The third kappa shape index (κ3) is 2.77. The fraction of sp³-hybridized carbons (Fsp3) is 0.111. The van der Waals surface area contributed by atoms with Crippen LogP contribution in [0.4, 0.5) is 0 Å². The topological polar surface area (TPSA) is 120 Å². The molecule has 0 spiro atoms. The zero-order valence-electron chi connectivity index (χ0n) is 8.62. The fourth-order valence-electron chi connectivity index (χ4n) is 0.944. The average Bonchev–Trinajstić information content (AvgIpc) is 2.27. The number of nitrogens with two attached hydrogens (primary N) is 2. The van der Waals surface area contributed by atoms with Gasteiger partial charge in [0.2, 0.25) is 0 Å². The molecule has 1 aromatic carbocycles. The number of phenols is 1. The first-order valence-electron chi connectivity index (χ1n) is 4.30. The van der Waals surface area contributed by atoms with E-state index in [0.29, 0.717) is 11.3 Å². The number of nitrogens with zero attached hydrogens (tertiary/aromatic N) is 2. The molecule has 0 radical (unpaired) electrons. The second-order valence-electron chi connectivity index (χ2n) is 2.87. The van der Waals surface area contributed by atoms with Crippen LogP contribution in [-0.4, -0.2) is 29.2 Å². The molecule has 1 rings (SSSR count). The van der Waals surface area contributed by atoms with E-state index in [1.165, 1.54) is 19.2 Å². The number of guanidine groups is 1. The molecule has 5 N–H and O–H groups in total. The Hall–Kier alpha value is -2.44. The van der Waals surface area contributed by atoms with Crippen molar-refractivity contribution in [1.29, 1.82) is 0 Å². The number of benzene rings is 1. The highest BCUT2D eigenvalue weighted by Crippen LogP contribution is 2.20. The molecule has 0 unspecified atom stereocenters. The highest BCUT2D eigenvalue weighted by atomic mass is 16.5. The minimum absolute atomic E-state index is 0.0338. The molecule has 0 heterocycles. The van der Waals surface area contributed by atoms with Gasteiger partial charge < -0.3 is 15.1 Å². The van der Waals surface area contributed by atoms with Crippen LogP contribution in [0.5, 0.6) is 11.5 Å². The summed E-state index contributed by atoms with van der Waals surface area (Å²) in [6.45, 7) is 0. The second kappa shape index (κ2) is 4.87. The van der Waals surface area contributed by atoms with Crippen molar-refractivity contribution in [2.45, 2.75) is 0 Å². The van der Waals surface area contributed by atoms with Crippen LogP contribution < -0.4 is 16.2 Å². The van der Waals surface area contributed by atoms with Crippen molar-refractivity contribution in [2.75, 3.05) is 7.11 Å². The van der Waals surface area contributed by atoms with E-state index in [0.717, 1.165) is 6.21 Å². The lowest BCUT2D eigenvalue weighted by molar-refractivity contribution is -0.463. The monoisotopic (exact) mass is 224 g/mol.